The second kappa shape index (κ2) is 9.39. The Morgan fingerprint density at radius 2 is 1.38 bits per heavy atom. The molecule has 24 heavy (non-hydrogen) atoms. The summed E-state index contributed by atoms with van der Waals surface area (Å²) in [5.74, 6) is 0. The third kappa shape index (κ3) is 4.05. The predicted octanol–water partition coefficient (Wildman–Crippen LogP) is 0.912. The molecule has 0 bridgehead atoms. The van der Waals surface area contributed by atoms with Crippen molar-refractivity contribution in [1.82, 2.24) is 0 Å². The van der Waals surface area contributed by atoms with Crippen molar-refractivity contribution in [3.8, 4) is 0 Å². The Bertz CT molecular complexity index is 616. The van der Waals surface area contributed by atoms with Crippen molar-refractivity contribution >= 4 is 0 Å². The van der Waals surface area contributed by atoms with Crippen LogP contribution in [-0.2, 0) is 23.2 Å². The summed E-state index contributed by atoms with van der Waals surface area (Å²) in [5.41, 5.74) is 10.4. The van der Waals surface area contributed by atoms with Gasteiger partial charge < -0.3 is 24.8 Å². The molecule has 0 spiro atoms. The first-order chi connectivity index (χ1) is 10.3. The summed E-state index contributed by atoms with van der Waals surface area (Å²) in [6.07, 6.45) is 5.01. The molecule has 0 nitrogen and oxygen atoms in total. The maximum Gasteiger partial charge on any atom is -1.00 e. The molecule has 0 aromatic rings. The van der Waals surface area contributed by atoms with E-state index in [1.807, 2.05) is 6.56 Å². The summed E-state index contributed by atoms with van der Waals surface area (Å²) in [7, 11) is 0. The quantitative estimate of drug-likeness (QED) is 0.589. The Balaban J connectivity index is 0.00000264. The van der Waals surface area contributed by atoms with Gasteiger partial charge in [0.1, 0.15) is 0 Å². The van der Waals surface area contributed by atoms with Gasteiger partial charge in [-0.05, 0) is 0 Å². The molecular formula is C21H32Cl2Zr. The predicted molar refractivity (Wildman–Crippen MR) is 94.4 cm³/mol. The van der Waals surface area contributed by atoms with E-state index in [9.17, 15) is 0 Å². The van der Waals surface area contributed by atoms with Gasteiger partial charge in [-0.15, -0.1) is 0 Å². The van der Waals surface area contributed by atoms with E-state index in [0.29, 0.717) is 5.41 Å². The molecule has 0 saturated carbocycles. The number of hydrogen-bond donors (Lipinski definition) is 0. The normalized spacial score (nSPS) is 19.7. The van der Waals surface area contributed by atoms with Gasteiger partial charge in [-0.1, -0.05) is 0 Å². The first-order valence-electron chi connectivity index (χ1n) is 8.89. The van der Waals surface area contributed by atoms with E-state index in [-0.39, 0.29) is 24.8 Å². The zero-order valence-electron chi connectivity index (χ0n) is 16.6. The van der Waals surface area contributed by atoms with E-state index in [2.05, 4.69) is 55.4 Å². The average molecular weight is 447 g/mol. The molecule has 3 heteroatoms. The summed E-state index contributed by atoms with van der Waals surface area (Å²) in [5, 5.41) is 0. The van der Waals surface area contributed by atoms with Crippen molar-refractivity contribution < 1.29 is 48.0 Å². The molecule has 134 valence electrons. The summed E-state index contributed by atoms with van der Waals surface area (Å²) >= 11 is -0.690. The summed E-state index contributed by atoms with van der Waals surface area (Å²) in [6.45, 7) is 19.0. The van der Waals surface area contributed by atoms with Gasteiger partial charge >= 0.3 is 150 Å². The average Bonchev–Trinajstić information content (AvgIpc) is 2.92. The fourth-order valence-electron chi connectivity index (χ4n) is 4.04. The molecule has 2 rings (SSSR count). The topological polar surface area (TPSA) is 0 Å². The number of allylic oxidation sites excluding steroid dienone is 8. The Morgan fingerprint density at radius 1 is 0.833 bits per heavy atom. The first-order valence-corrected chi connectivity index (χ1v) is 11.3. The monoisotopic (exact) mass is 444 g/mol. The Labute approximate surface area is 173 Å². The van der Waals surface area contributed by atoms with Crippen LogP contribution in [0.25, 0.3) is 0 Å². The van der Waals surface area contributed by atoms with Gasteiger partial charge in [-0.2, -0.15) is 0 Å². The molecule has 0 saturated heterocycles. The molecule has 0 unspecified atom stereocenters. The number of hydrogen-bond acceptors (Lipinski definition) is 0. The van der Waals surface area contributed by atoms with Crippen LogP contribution in [0.5, 0.6) is 0 Å². The van der Waals surface area contributed by atoms with Crippen molar-refractivity contribution in [2.75, 3.05) is 0 Å². The second-order valence-electron chi connectivity index (χ2n) is 7.30. The molecule has 0 aromatic heterocycles. The van der Waals surface area contributed by atoms with E-state index in [1.54, 1.807) is 33.4 Å². The van der Waals surface area contributed by atoms with Gasteiger partial charge in [0.15, 0.2) is 0 Å². The van der Waals surface area contributed by atoms with Crippen molar-refractivity contribution in [3.63, 3.8) is 0 Å². The fourth-order valence-corrected chi connectivity index (χ4v) is 9.13. The maximum absolute atomic E-state index is 2.45. The smallest absolute Gasteiger partial charge is 1.00 e. The molecule has 0 aliphatic heterocycles. The van der Waals surface area contributed by atoms with Crippen LogP contribution in [-0.4, -0.2) is 0 Å². The van der Waals surface area contributed by atoms with Gasteiger partial charge in [0, 0.05) is 0 Å². The van der Waals surface area contributed by atoms with Crippen LogP contribution in [0.4, 0.5) is 0 Å². The van der Waals surface area contributed by atoms with Crippen LogP contribution in [0.15, 0.2) is 40.0 Å². The van der Waals surface area contributed by atoms with Crippen LogP contribution in [0, 0.1) is 5.41 Å². The molecule has 2 aliphatic rings. The van der Waals surface area contributed by atoms with E-state index < -0.39 is 23.2 Å². The van der Waals surface area contributed by atoms with Crippen molar-refractivity contribution in [2.24, 2.45) is 5.41 Å². The summed E-state index contributed by atoms with van der Waals surface area (Å²) in [6, 6.07) is 0. The van der Waals surface area contributed by atoms with Crippen LogP contribution in [0.1, 0.15) is 81.1 Å². The van der Waals surface area contributed by atoms with Crippen LogP contribution >= 0.6 is 0 Å². The van der Waals surface area contributed by atoms with Crippen molar-refractivity contribution in [3.05, 3.63) is 40.0 Å². The Hall–Kier alpha value is 0.423. The molecule has 0 N–H and O–H groups in total. The van der Waals surface area contributed by atoms with E-state index in [1.165, 1.54) is 25.7 Å². The van der Waals surface area contributed by atoms with Gasteiger partial charge in [-0.25, -0.2) is 0 Å². The number of halogens is 2. The third-order valence-electron chi connectivity index (χ3n) is 6.03. The Morgan fingerprint density at radius 3 is 1.75 bits per heavy atom. The van der Waals surface area contributed by atoms with E-state index >= 15 is 0 Å². The van der Waals surface area contributed by atoms with Crippen molar-refractivity contribution in [1.29, 1.82) is 0 Å². The van der Waals surface area contributed by atoms with Gasteiger partial charge in [0.05, 0.1) is 0 Å². The van der Waals surface area contributed by atoms with Crippen LogP contribution in [0.2, 0.25) is 0 Å². The third-order valence-corrected chi connectivity index (χ3v) is 11.3. The fraction of sp³-hybridized carbons (Fsp3) is 0.619. The maximum atomic E-state index is 2.45. The van der Waals surface area contributed by atoms with Crippen molar-refractivity contribution in [2.45, 2.75) is 81.1 Å². The largest absolute Gasteiger partial charge is 1.00 e. The zero-order valence-corrected chi connectivity index (χ0v) is 20.6. The van der Waals surface area contributed by atoms with Gasteiger partial charge in [0.2, 0.25) is 0 Å². The molecule has 2 aliphatic carbocycles. The minimum absolute atomic E-state index is 0. The summed E-state index contributed by atoms with van der Waals surface area (Å²) in [4.78, 5) is 0. The Kier molecular flexibility index (Phi) is 9.55. The molecule has 0 heterocycles. The molecular weight excluding hydrogens is 414 g/mol. The first kappa shape index (κ1) is 24.4. The minimum atomic E-state index is -0.690. The van der Waals surface area contributed by atoms with Crippen LogP contribution in [0.3, 0.4) is 0 Å². The van der Waals surface area contributed by atoms with Gasteiger partial charge in [0.25, 0.3) is 0 Å². The SMILES string of the molecule is CCC1=C(CC)[C]([Zr+2][C]2=C(C)C(C)=C(C)C2(C)C)=C(CC)C1.[Cl-].[Cl-]. The van der Waals surface area contributed by atoms with Gasteiger partial charge in [-0.3, -0.25) is 0 Å². The second-order valence-corrected chi connectivity index (χ2v) is 10.4. The van der Waals surface area contributed by atoms with Crippen LogP contribution < -0.4 is 24.8 Å². The van der Waals surface area contributed by atoms with E-state index in [4.69, 9.17) is 0 Å². The van der Waals surface area contributed by atoms with E-state index in [0.717, 1.165) is 0 Å². The molecule has 0 atom stereocenters. The molecule has 0 fully saturated rings. The standard InChI is InChI=1S/C11H17.C10H15.2ClH.Zr/c1-4-9-7-10(5-2)11(6-3)8-9;1-7-6-10(4,5)9(3)8(7)2;;;/h4-7H2,1-3H3;1-5H3;2*1H;/q;;;;+2/p-2. The number of rotatable bonds is 5. The zero-order chi connectivity index (χ0) is 16.7. The summed E-state index contributed by atoms with van der Waals surface area (Å²) < 4.78 is 3.69. The molecule has 0 aromatic carbocycles. The molecule has 0 radical (unpaired) electrons. The molecule has 0 amide bonds. The minimum Gasteiger partial charge on any atom is -1.00 e.